The molecule has 0 saturated carbocycles. The summed E-state index contributed by atoms with van der Waals surface area (Å²) in [6.45, 7) is 24.4. The lowest BCUT2D eigenvalue weighted by atomic mass is 10.0. The number of hydrogen-bond donors (Lipinski definition) is 0. The van der Waals surface area contributed by atoms with Crippen LogP contribution in [0.15, 0.2) is 0 Å². The van der Waals surface area contributed by atoms with E-state index in [1.807, 2.05) is 0 Å². The molecule has 0 aliphatic carbocycles. The van der Waals surface area contributed by atoms with Crippen LogP contribution in [0.3, 0.4) is 0 Å². The summed E-state index contributed by atoms with van der Waals surface area (Å²) in [4.78, 5) is 7.81. The molecule has 6 nitrogen and oxygen atoms in total. The van der Waals surface area contributed by atoms with Gasteiger partial charge in [-0.3, -0.25) is 14.7 Å². The Bertz CT molecular complexity index is 538. The van der Waals surface area contributed by atoms with Gasteiger partial charge in [0.15, 0.2) is 0 Å². The molecule has 0 aromatic carbocycles. The van der Waals surface area contributed by atoms with Gasteiger partial charge in [-0.15, -0.1) is 0 Å². The SMILES string of the molecule is CC1CN(C(C)CC2CN(C(C)C)C[C@@H](C)O2)CC(CC(C)N2C[C@H](C)O[C@@H](C)C2)O1. The molecule has 31 heavy (non-hydrogen) atoms. The summed E-state index contributed by atoms with van der Waals surface area (Å²) in [5, 5.41) is 0. The Labute approximate surface area is 191 Å². The molecule has 3 heterocycles. The predicted octanol–water partition coefficient (Wildman–Crippen LogP) is 3.24. The minimum atomic E-state index is 0.286. The molecule has 3 aliphatic rings. The van der Waals surface area contributed by atoms with Crippen LogP contribution >= 0.6 is 0 Å². The maximum absolute atomic E-state index is 6.40. The fraction of sp³-hybridized carbons (Fsp3) is 1.00. The Morgan fingerprint density at radius 3 is 1.35 bits per heavy atom. The van der Waals surface area contributed by atoms with Crippen molar-refractivity contribution in [3.63, 3.8) is 0 Å². The van der Waals surface area contributed by atoms with Gasteiger partial charge in [0.2, 0.25) is 0 Å². The van der Waals surface area contributed by atoms with Crippen molar-refractivity contribution in [2.45, 2.75) is 123 Å². The summed E-state index contributed by atoms with van der Waals surface area (Å²) in [5.74, 6) is 0. The highest BCUT2D eigenvalue weighted by Gasteiger charge is 2.34. The average molecular weight is 440 g/mol. The number of hydrogen-bond acceptors (Lipinski definition) is 6. The molecular formula is C25H49N3O3. The first-order chi connectivity index (χ1) is 14.6. The molecule has 5 unspecified atom stereocenters. The molecule has 3 aliphatic heterocycles. The molecular weight excluding hydrogens is 390 g/mol. The molecule has 6 heteroatoms. The van der Waals surface area contributed by atoms with E-state index in [2.05, 4.69) is 70.1 Å². The van der Waals surface area contributed by atoms with E-state index in [9.17, 15) is 0 Å². The molecule has 3 rings (SSSR count). The Kier molecular flexibility index (Phi) is 9.22. The van der Waals surface area contributed by atoms with Crippen LogP contribution in [-0.2, 0) is 14.2 Å². The van der Waals surface area contributed by atoms with E-state index in [0.717, 1.165) is 52.1 Å². The van der Waals surface area contributed by atoms with E-state index in [-0.39, 0.29) is 6.10 Å². The summed E-state index contributed by atoms with van der Waals surface area (Å²) in [6, 6.07) is 1.62. The van der Waals surface area contributed by atoms with Crippen LogP contribution in [0, 0.1) is 0 Å². The second kappa shape index (κ2) is 11.3. The van der Waals surface area contributed by atoms with E-state index in [4.69, 9.17) is 14.2 Å². The van der Waals surface area contributed by atoms with E-state index < -0.39 is 0 Å². The van der Waals surface area contributed by atoms with E-state index in [1.54, 1.807) is 0 Å². The highest BCUT2D eigenvalue weighted by Crippen LogP contribution is 2.24. The minimum Gasteiger partial charge on any atom is -0.373 e. The zero-order valence-corrected chi connectivity index (χ0v) is 21.4. The normalized spacial score (nSPS) is 39.0. The molecule has 8 atom stereocenters. The maximum atomic E-state index is 6.40. The fourth-order valence-corrected chi connectivity index (χ4v) is 5.84. The summed E-state index contributed by atoms with van der Waals surface area (Å²) in [6.07, 6.45) is 4.06. The zero-order chi connectivity index (χ0) is 22.7. The lowest BCUT2D eigenvalue weighted by Crippen LogP contribution is -2.55. The van der Waals surface area contributed by atoms with E-state index in [0.29, 0.717) is 48.6 Å². The molecule has 0 N–H and O–H groups in total. The van der Waals surface area contributed by atoms with Gasteiger partial charge >= 0.3 is 0 Å². The summed E-state index contributed by atoms with van der Waals surface area (Å²) >= 11 is 0. The summed E-state index contributed by atoms with van der Waals surface area (Å²) < 4.78 is 18.7. The van der Waals surface area contributed by atoms with Crippen LogP contribution in [0.25, 0.3) is 0 Å². The maximum Gasteiger partial charge on any atom is 0.0721 e. The lowest BCUT2D eigenvalue weighted by Gasteiger charge is -2.45. The van der Waals surface area contributed by atoms with Crippen LogP contribution in [-0.4, -0.2) is 109 Å². The van der Waals surface area contributed by atoms with Crippen molar-refractivity contribution in [1.29, 1.82) is 0 Å². The molecule has 3 fully saturated rings. The number of ether oxygens (including phenoxy) is 3. The Morgan fingerprint density at radius 1 is 0.548 bits per heavy atom. The molecule has 182 valence electrons. The van der Waals surface area contributed by atoms with Gasteiger partial charge in [0.25, 0.3) is 0 Å². The Morgan fingerprint density at radius 2 is 0.903 bits per heavy atom. The minimum absolute atomic E-state index is 0.286. The van der Waals surface area contributed by atoms with Crippen LogP contribution in [0.5, 0.6) is 0 Å². The molecule has 0 bridgehead atoms. The first-order valence-corrected chi connectivity index (χ1v) is 12.8. The van der Waals surface area contributed by atoms with Crippen LogP contribution in [0.2, 0.25) is 0 Å². The van der Waals surface area contributed by atoms with Crippen LogP contribution in [0.4, 0.5) is 0 Å². The first kappa shape index (κ1) is 25.4. The second-order valence-electron chi connectivity index (χ2n) is 11.0. The number of morpholine rings is 3. The third-order valence-electron chi connectivity index (χ3n) is 7.34. The van der Waals surface area contributed by atoms with Crippen molar-refractivity contribution >= 4 is 0 Å². The topological polar surface area (TPSA) is 37.4 Å². The molecule has 0 amide bonds. The van der Waals surface area contributed by atoms with Crippen molar-refractivity contribution in [3.05, 3.63) is 0 Å². The van der Waals surface area contributed by atoms with Crippen molar-refractivity contribution in [2.24, 2.45) is 0 Å². The quantitative estimate of drug-likeness (QED) is 0.606. The second-order valence-corrected chi connectivity index (χ2v) is 11.0. The first-order valence-electron chi connectivity index (χ1n) is 12.8. The molecule has 0 radical (unpaired) electrons. The highest BCUT2D eigenvalue weighted by atomic mass is 16.5. The van der Waals surface area contributed by atoms with Gasteiger partial charge in [-0.1, -0.05) is 0 Å². The number of nitrogens with zero attached hydrogens (tertiary/aromatic N) is 3. The standard InChI is InChI=1S/C25H49N3O3/c1-17(2)26-11-22(7)30-24(15-26)10-19(4)28-14-23(8)31-25(16-28)9-18(3)27-12-20(5)29-21(6)13-27/h17-25H,9-16H2,1-8H3/t18?,19?,20-,21-,22+,23?,24?,25?/m0/s1. The van der Waals surface area contributed by atoms with Crippen molar-refractivity contribution in [3.8, 4) is 0 Å². The smallest absolute Gasteiger partial charge is 0.0721 e. The van der Waals surface area contributed by atoms with E-state index in [1.165, 1.54) is 0 Å². The average Bonchev–Trinajstić information content (AvgIpc) is 2.66. The van der Waals surface area contributed by atoms with Crippen molar-refractivity contribution < 1.29 is 14.2 Å². The van der Waals surface area contributed by atoms with Gasteiger partial charge in [0.1, 0.15) is 0 Å². The predicted molar refractivity (Wildman–Crippen MR) is 127 cm³/mol. The van der Waals surface area contributed by atoms with Crippen molar-refractivity contribution in [1.82, 2.24) is 14.7 Å². The summed E-state index contributed by atoms with van der Waals surface area (Å²) in [7, 11) is 0. The Hall–Kier alpha value is -0.240. The third-order valence-corrected chi connectivity index (χ3v) is 7.34. The number of rotatable bonds is 7. The van der Waals surface area contributed by atoms with Gasteiger partial charge in [-0.2, -0.15) is 0 Å². The van der Waals surface area contributed by atoms with Gasteiger partial charge < -0.3 is 14.2 Å². The van der Waals surface area contributed by atoms with Crippen LogP contribution in [0.1, 0.15) is 68.2 Å². The van der Waals surface area contributed by atoms with E-state index >= 15 is 0 Å². The largest absolute Gasteiger partial charge is 0.373 e. The molecule has 0 aromatic heterocycles. The highest BCUT2D eigenvalue weighted by molar-refractivity contribution is 4.87. The van der Waals surface area contributed by atoms with Crippen LogP contribution < -0.4 is 0 Å². The van der Waals surface area contributed by atoms with Gasteiger partial charge in [-0.05, 0) is 68.2 Å². The van der Waals surface area contributed by atoms with Crippen molar-refractivity contribution in [2.75, 3.05) is 39.3 Å². The third kappa shape index (κ3) is 7.38. The van der Waals surface area contributed by atoms with Gasteiger partial charge in [-0.25, -0.2) is 0 Å². The molecule has 3 saturated heterocycles. The summed E-state index contributed by atoms with van der Waals surface area (Å²) in [5.41, 5.74) is 0. The monoisotopic (exact) mass is 439 g/mol. The Balaban J connectivity index is 1.52. The zero-order valence-electron chi connectivity index (χ0n) is 21.4. The van der Waals surface area contributed by atoms with Gasteiger partial charge in [0.05, 0.1) is 36.6 Å². The molecule has 0 spiro atoms. The van der Waals surface area contributed by atoms with Gasteiger partial charge in [0, 0.05) is 57.4 Å². The molecule has 0 aromatic rings. The fourth-order valence-electron chi connectivity index (χ4n) is 5.84. The lowest BCUT2D eigenvalue weighted by molar-refractivity contribution is -0.122.